The maximum atomic E-state index is 12.8. The zero-order valence-electron chi connectivity index (χ0n) is 16.6. The Hall–Kier alpha value is -3.92. The molecule has 0 unspecified atom stereocenters. The van der Waals surface area contributed by atoms with Crippen molar-refractivity contribution in [1.82, 2.24) is 4.98 Å². The van der Waals surface area contributed by atoms with Crippen LogP contribution in [0.25, 0.3) is 11.3 Å². The van der Waals surface area contributed by atoms with Gasteiger partial charge in [-0.05, 0) is 55.5 Å². The van der Waals surface area contributed by atoms with E-state index in [2.05, 4.69) is 20.3 Å². The highest BCUT2D eigenvalue weighted by molar-refractivity contribution is 7.14. The number of aromatic carboxylic acids is 1. The predicted octanol–water partition coefficient (Wildman–Crippen LogP) is 4.39. The number of anilines is 1. The second kappa shape index (κ2) is 8.44. The van der Waals surface area contributed by atoms with E-state index in [0.717, 1.165) is 17.0 Å². The van der Waals surface area contributed by atoms with Crippen molar-refractivity contribution in [3.8, 4) is 17.0 Å². The number of carboxylic acid groups (broad SMARTS) is 1. The fraction of sp³-hybridized carbons (Fsp3) is 0.143. The summed E-state index contributed by atoms with van der Waals surface area (Å²) in [6, 6.07) is 12.5. The van der Waals surface area contributed by atoms with Gasteiger partial charge in [-0.1, -0.05) is 0 Å². The molecule has 0 aliphatic carbocycles. The number of benzene rings is 2. The second-order valence-electron chi connectivity index (χ2n) is 6.61. The van der Waals surface area contributed by atoms with Crippen molar-refractivity contribution in [2.75, 3.05) is 12.1 Å². The van der Waals surface area contributed by atoms with Crippen LogP contribution in [0.2, 0.25) is 0 Å². The minimum atomic E-state index is -1.02. The molecule has 4 rings (SSSR count). The summed E-state index contributed by atoms with van der Waals surface area (Å²) in [7, 11) is 1.61. The Balaban J connectivity index is 1.50. The van der Waals surface area contributed by atoms with Crippen LogP contribution in [0.1, 0.15) is 17.3 Å². The molecule has 1 aromatic heterocycles. The third-order valence-corrected chi connectivity index (χ3v) is 5.37. The third kappa shape index (κ3) is 4.19. The van der Waals surface area contributed by atoms with Crippen LogP contribution in [0.5, 0.6) is 5.75 Å². The highest BCUT2D eigenvalue weighted by atomic mass is 32.1. The molecule has 1 atom stereocenters. The highest BCUT2D eigenvalue weighted by Gasteiger charge is 2.36. The number of hydrogen-bond donors (Lipinski definition) is 1. The highest BCUT2D eigenvalue weighted by Crippen LogP contribution is 2.31. The summed E-state index contributed by atoms with van der Waals surface area (Å²) in [5.74, 6) is -0.621. The SMILES string of the molecule is COc1ccc(-c2csc(N3N=C(C)[C@@H](N=Nc4ccc(C(=O)O)cc4)C3=O)n2)cc1. The van der Waals surface area contributed by atoms with Crippen LogP contribution in [-0.2, 0) is 4.79 Å². The third-order valence-electron chi connectivity index (χ3n) is 4.56. The van der Waals surface area contributed by atoms with E-state index in [1.165, 1.54) is 40.6 Å². The molecule has 0 saturated heterocycles. The molecule has 1 amide bonds. The summed E-state index contributed by atoms with van der Waals surface area (Å²) in [5, 5.41) is 25.0. The summed E-state index contributed by atoms with van der Waals surface area (Å²) in [6.45, 7) is 1.70. The molecule has 0 spiro atoms. The number of aromatic nitrogens is 1. The lowest BCUT2D eigenvalue weighted by molar-refractivity contribution is -0.117. The Bertz CT molecular complexity index is 1190. The number of rotatable bonds is 6. The molecule has 9 nitrogen and oxygen atoms in total. The fourth-order valence-electron chi connectivity index (χ4n) is 2.88. The van der Waals surface area contributed by atoms with Gasteiger partial charge >= 0.3 is 5.97 Å². The molecule has 3 aromatic rings. The largest absolute Gasteiger partial charge is 0.497 e. The Morgan fingerprint density at radius 1 is 1.16 bits per heavy atom. The standard InChI is InChI=1S/C21H17N5O4S/c1-12-18(24-23-15-7-3-14(4-8-15)20(28)29)19(27)26(25-12)21-22-17(11-31-21)13-5-9-16(30-2)10-6-13/h3-11,18H,1-2H3,(H,28,29)/t18-/m1/s1. The number of carbonyl (C=O) groups is 2. The molecule has 2 heterocycles. The Kier molecular flexibility index (Phi) is 5.54. The number of azo groups is 1. The first-order valence-electron chi connectivity index (χ1n) is 9.19. The molecule has 0 radical (unpaired) electrons. The average molecular weight is 435 g/mol. The Morgan fingerprint density at radius 3 is 2.52 bits per heavy atom. The van der Waals surface area contributed by atoms with Gasteiger partial charge in [0.1, 0.15) is 5.75 Å². The molecule has 1 aliphatic rings. The van der Waals surface area contributed by atoms with Crippen molar-refractivity contribution in [1.29, 1.82) is 0 Å². The summed E-state index contributed by atoms with van der Waals surface area (Å²) < 4.78 is 5.17. The fourth-order valence-corrected chi connectivity index (χ4v) is 3.66. The number of ether oxygens (including phenoxy) is 1. The van der Waals surface area contributed by atoms with Crippen LogP contribution in [0, 0.1) is 0 Å². The molecule has 10 heteroatoms. The maximum absolute atomic E-state index is 12.8. The number of carboxylic acids is 1. The van der Waals surface area contributed by atoms with Crippen molar-refractivity contribution in [2.24, 2.45) is 15.3 Å². The second-order valence-corrected chi connectivity index (χ2v) is 7.44. The summed E-state index contributed by atoms with van der Waals surface area (Å²) in [5.41, 5.74) is 2.72. The van der Waals surface area contributed by atoms with Gasteiger partial charge in [0, 0.05) is 10.9 Å². The molecular formula is C21H17N5O4S. The first kappa shape index (κ1) is 20.4. The predicted molar refractivity (Wildman–Crippen MR) is 116 cm³/mol. The number of hydrazone groups is 1. The molecule has 1 aliphatic heterocycles. The van der Waals surface area contributed by atoms with Gasteiger partial charge < -0.3 is 9.84 Å². The lowest BCUT2D eigenvalue weighted by Gasteiger charge is -2.08. The zero-order chi connectivity index (χ0) is 22.0. The van der Waals surface area contributed by atoms with Crippen molar-refractivity contribution in [3.05, 3.63) is 59.5 Å². The van der Waals surface area contributed by atoms with Gasteiger partial charge in [0.05, 0.1) is 29.8 Å². The average Bonchev–Trinajstić information content (AvgIpc) is 3.37. The summed E-state index contributed by atoms with van der Waals surface area (Å²) in [6.07, 6.45) is 0. The smallest absolute Gasteiger partial charge is 0.335 e. The number of amides is 1. The van der Waals surface area contributed by atoms with Crippen LogP contribution in [-0.4, -0.2) is 40.8 Å². The number of methoxy groups -OCH3 is 1. The molecular weight excluding hydrogens is 418 g/mol. The van der Waals surface area contributed by atoms with E-state index in [1.807, 2.05) is 29.6 Å². The van der Waals surface area contributed by atoms with Gasteiger partial charge in [-0.25, -0.2) is 9.78 Å². The van der Waals surface area contributed by atoms with Crippen LogP contribution in [0.4, 0.5) is 10.8 Å². The van der Waals surface area contributed by atoms with E-state index in [4.69, 9.17) is 9.84 Å². The summed E-state index contributed by atoms with van der Waals surface area (Å²) in [4.78, 5) is 28.3. The minimum Gasteiger partial charge on any atom is -0.497 e. The van der Waals surface area contributed by atoms with Crippen molar-refractivity contribution in [3.63, 3.8) is 0 Å². The Labute approximate surface area is 181 Å². The first-order valence-corrected chi connectivity index (χ1v) is 10.1. The van der Waals surface area contributed by atoms with Crippen molar-refractivity contribution < 1.29 is 19.4 Å². The van der Waals surface area contributed by atoms with Crippen LogP contribution in [0.3, 0.4) is 0 Å². The molecule has 0 saturated carbocycles. The lowest BCUT2D eigenvalue weighted by Crippen LogP contribution is -2.29. The lowest BCUT2D eigenvalue weighted by atomic mass is 10.2. The van der Waals surface area contributed by atoms with E-state index in [0.29, 0.717) is 16.5 Å². The molecule has 0 bridgehead atoms. The molecule has 1 N–H and O–H groups in total. The van der Waals surface area contributed by atoms with Gasteiger partial charge in [-0.15, -0.1) is 11.3 Å². The molecule has 0 fully saturated rings. The quantitative estimate of drug-likeness (QED) is 0.576. The van der Waals surface area contributed by atoms with Gasteiger partial charge in [-0.3, -0.25) is 4.79 Å². The van der Waals surface area contributed by atoms with Crippen molar-refractivity contribution >= 4 is 39.7 Å². The number of thiazole rings is 1. The van der Waals surface area contributed by atoms with Gasteiger partial charge in [0.15, 0.2) is 6.04 Å². The van der Waals surface area contributed by atoms with E-state index in [9.17, 15) is 9.59 Å². The van der Waals surface area contributed by atoms with E-state index in [-0.39, 0.29) is 11.5 Å². The minimum absolute atomic E-state index is 0.149. The molecule has 2 aromatic carbocycles. The van der Waals surface area contributed by atoms with Crippen LogP contribution in [0.15, 0.2) is 69.2 Å². The van der Waals surface area contributed by atoms with E-state index < -0.39 is 12.0 Å². The number of nitrogens with zero attached hydrogens (tertiary/aromatic N) is 5. The Morgan fingerprint density at radius 2 is 1.87 bits per heavy atom. The number of hydrogen-bond acceptors (Lipinski definition) is 8. The van der Waals surface area contributed by atoms with Gasteiger partial charge in [-0.2, -0.15) is 20.3 Å². The van der Waals surface area contributed by atoms with E-state index in [1.54, 1.807) is 14.0 Å². The first-order chi connectivity index (χ1) is 15.0. The van der Waals surface area contributed by atoms with E-state index >= 15 is 0 Å². The molecule has 31 heavy (non-hydrogen) atoms. The summed E-state index contributed by atoms with van der Waals surface area (Å²) >= 11 is 1.31. The molecule has 156 valence electrons. The maximum Gasteiger partial charge on any atom is 0.335 e. The number of carbonyl (C=O) groups excluding carboxylic acids is 1. The van der Waals surface area contributed by atoms with Crippen LogP contribution >= 0.6 is 11.3 Å². The monoisotopic (exact) mass is 435 g/mol. The van der Waals surface area contributed by atoms with Crippen LogP contribution < -0.4 is 9.75 Å². The van der Waals surface area contributed by atoms with Gasteiger partial charge in [0.2, 0.25) is 5.13 Å². The van der Waals surface area contributed by atoms with Gasteiger partial charge in [0.25, 0.3) is 5.91 Å². The topological polar surface area (TPSA) is 117 Å². The normalized spacial score (nSPS) is 16.1. The van der Waals surface area contributed by atoms with Crippen molar-refractivity contribution in [2.45, 2.75) is 13.0 Å². The zero-order valence-corrected chi connectivity index (χ0v) is 17.4.